The molecule has 0 unspecified atom stereocenters. The van der Waals surface area contributed by atoms with E-state index in [-0.39, 0.29) is 0 Å². The predicted molar refractivity (Wildman–Crippen MR) is 81.4 cm³/mol. The van der Waals surface area contributed by atoms with E-state index in [0.717, 1.165) is 30.7 Å². The van der Waals surface area contributed by atoms with Gasteiger partial charge in [-0.3, -0.25) is 0 Å². The molecule has 0 aliphatic carbocycles. The topological polar surface area (TPSA) is 0 Å². The monoisotopic (exact) mass is 278 g/mol. The zero-order valence-electron chi connectivity index (χ0n) is 8.20. The van der Waals surface area contributed by atoms with Gasteiger partial charge in [0.15, 0.2) is 0 Å². The first kappa shape index (κ1) is 10.7. The number of hydrogen-bond acceptors (Lipinski definition) is 4. The largest absolute Gasteiger partial charge is 0.0891 e. The smallest absolute Gasteiger partial charge is 0.0826 e. The molecule has 0 N–H and O–H groups in total. The number of hydrogen-bond donors (Lipinski definition) is 0. The first-order valence-corrected chi connectivity index (χ1v) is 7.04. The minimum Gasteiger partial charge on any atom is -0.0891 e. The Morgan fingerprint density at radius 3 is 1.56 bits per heavy atom. The van der Waals surface area contributed by atoms with Gasteiger partial charge in [-0.1, -0.05) is 61.1 Å². The lowest BCUT2D eigenvalue weighted by Crippen LogP contribution is -1.85. The number of benzene rings is 1. The summed E-state index contributed by atoms with van der Waals surface area (Å²) in [5.74, 6) is 0. The highest BCUT2D eigenvalue weighted by atomic mass is 32.2. The minimum absolute atomic E-state index is 0.872. The average Bonchev–Trinajstić information content (AvgIpc) is 2.67. The number of thiocarbonyl (C=S) groups is 2. The lowest BCUT2D eigenvalue weighted by Gasteiger charge is -2.02. The molecule has 2 heterocycles. The normalized spacial score (nSPS) is 18.0. The van der Waals surface area contributed by atoms with Crippen LogP contribution in [0.25, 0.3) is 11.1 Å². The molecule has 0 amide bonds. The molecule has 0 atom stereocenters. The maximum Gasteiger partial charge on any atom is 0.0826 e. The van der Waals surface area contributed by atoms with Crippen molar-refractivity contribution in [2.75, 3.05) is 0 Å². The third kappa shape index (κ3) is 1.37. The molecule has 0 aromatic heterocycles. The van der Waals surface area contributed by atoms with Gasteiger partial charge in [0.1, 0.15) is 0 Å². The second-order valence-electron chi connectivity index (χ2n) is 3.58. The highest BCUT2D eigenvalue weighted by Gasteiger charge is 2.27. The van der Waals surface area contributed by atoms with E-state index in [9.17, 15) is 0 Å². The van der Waals surface area contributed by atoms with Crippen LogP contribution < -0.4 is 0 Å². The van der Waals surface area contributed by atoms with Crippen molar-refractivity contribution in [1.29, 1.82) is 0 Å². The summed E-state index contributed by atoms with van der Waals surface area (Å²) >= 11 is 13.7. The molecule has 0 fully saturated rings. The molecule has 0 radical (unpaired) electrons. The van der Waals surface area contributed by atoms with Crippen molar-refractivity contribution in [2.24, 2.45) is 0 Å². The van der Waals surface area contributed by atoms with Crippen molar-refractivity contribution in [1.82, 2.24) is 0 Å². The number of rotatable bonds is 0. The van der Waals surface area contributed by atoms with Crippen molar-refractivity contribution < 1.29 is 0 Å². The highest BCUT2D eigenvalue weighted by Crippen LogP contribution is 2.48. The van der Waals surface area contributed by atoms with Gasteiger partial charge in [0.05, 0.1) is 8.39 Å². The summed E-state index contributed by atoms with van der Waals surface area (Å²) in [7, 11) is 0. The Morgan fingerprint density at radius 2 is 1.19 bits per heavy atom. The summed E-state index contributed by atoms with van der Waals surface area (Å²) in [5, 5.41) is 0. The maximum atomic E-state index is 5.25. The van der Waals surface area contributed by atoms with E-state index in [0.29, 0.717) is 0 Å². The molecule has 1 aromatic carbocycles. The highest BCUT2D eigenvalue weighted by molar-refractivity contribution is 8.25. The lowest BCUT2D eigenvalue weighted by atomic mass is 10.0. The van der Waals surface area contributed by atoms with Crippen LogP contribution in [0.5, 0.6) is 0 Å². The number of thioether (sulfide) groups is 2. The molecule has 16 heavy (non-hydrogen) atoms. The molecule has 2 aliphatic heterocycles. The third-order valence-electron chi connectivity index (χ3n) is 2.63. The fourth-order valence-electron chi connectivity index (χ4n) is 1.74. The second-order valence-corrected chi connectivity index (χ2v) is 7.02. The van der Waals surface area contributed by atoms with Crippen LogP contribution in [0.15, 0.2) is 35.1 Å². The third-order valence-corrected chi connectivity index (χ3v) is 5.60. The Morgan fingerprint density at radius 1 is 0.812 bits per heavy atom. The van der Waals surface area contributed by atoms with E-state index in [4.69, 9.17) is 24.4 Å². The molecule has 4 heteroatoms. The zero-order valence-corrected chi connectivity index (χ0v) is 11.5. The van der Waals surface area contributed by atoms with Gasteiger partial charge >= 0.3 is 0 Å². The molecule has 0 spiro atoms. The van der Waals surface area contributed by atoms with Crippen LogP contribution in [0.3, 0.4) is 0 Å². The molecular formula is C12H6S4. The van der Waals surface area contributed by atoms with Crippen molar-refractivity contribution in [2.45, 2.75) is 9.79 Å². The van der Waals surface area contributed by atoms with Crippen LogP contribution in [0.1, 0.15) is 11.1 Å². The molecule has 78 valence electrons. The Bertz CT molecular complexity index is 542. The Kier molecular flexibility index (Phi) is 2.37. The zero-order chi connectivity index (χ0) is 11.4. The van der Waals surface area contributed by atoms with Crippen molar-refractivity contribution >= 4 is 67.5 Å². The fourth-order valence-corrected chi connectivity index (χ4v) is 4.31. The molecule has 0 nitrogen and oxygen atoms in total. The Hall–Kier alpha value is -0.420. The average molecular weight is 278 g/mol. The van der Waals surface area contributed by atoms with E-state index in [2.05, 4.69) is 25.3 Å². The molecular weight excluding hydrogens is 272 g/mol. The molecule has 1 aromatic rings. The van der Waals surface area contributed by atoms with E-state index < -0.39 is 0 Å². The van der Waals surface area contributed by atoms with Crippen LogP contribution >= 0.6 is 48.0 Å². The van der Waals surface area contributed by atoms with Crippen LogP contribution in [0.4, 0.5) is 0 Å². The van der Waals surface area contributed by atoms with Crippen LogP contribution in [-0.2, 0) is 0 Å². The molecule has 0 saturated heterocycles. The number of fused-ring (bicyclic) bond motifs is 2. The predicted octanol–water partition coefficient (Wildman–Crippen LogP) is 4.58. The molecule has 0 bridgehead atoms. The molecule has 3 rings (SSSR count). The van der Waals surface area contributed by atoms with Gasteiger partial charge in [-0.25, -0.2) is 0 Å². The van der Waals surface area contributed by atoms with Gasteiger partial charge in [-0.2, -0.15) is 0 Å². The van der Waals surface area contributed by atoms with E-state index >= 15 is 0 Å². The van der Waals surface area contributed by atoms with Crippen LogP contribution in [-0.4, -0.2) is 8.39 Å². The Balaban J connectivity index is 2.24. The summed E-state index contributed by atoms with van der Waals surface area (Å²) in [4.78, 5) is 2.36. The van der Waals surface area contributed by atoms with Crippen LogP contribution in [0, 0.1) is 0 Å². The second kappa shape index (κ2) is 3.53. The lowest BCUT2D eigenvalue weighted by molar-refractivity contribution is 1.31. The summed E-state index contributed by atoms with van der Waals surface area (Å²) in [6.45, 7) is 8.03. The molecule has 0 saturated carbocycles. The van der Waals surface area contributed by atoms with Gasteiger partial charge < -0.3 is 0 Å². The van der Waals surface area contributed by atoms with Gasteiger partial charge in [0, 0.05) is 20.9 Å². The van der Waals surface area contributed by atoms with Gasteiger partial charge in [0.25, 0.3) is 0 Å². The van der Waals surface area contributed by atoms with Crippen molar-refractivity contribution in [3.05, 3.63) is 36.4 Å². The van der Waals surface area contributed by atoms with E-state index in [1.165, 1.54) is 9.79 Å². The van der Waals surface area contributed by atoms with Crippen molar-refractivity contribution in [3.63, 3.8) is 0 Å². The standard InChI is InChI=1S/C12H6S4/c1-5-7-3-10-8(6(2)12(14)16-10)4-9(7)15-11(5)13/h3-4H,1-2H2. The van der Waals surface area contributed by atoms with Gasteiger partial charge in [-0.15, -0.1) is 0 Å². The quantitative estimate of drug-likeness (QED) is 0.503. The maximum absolute atomic E-state index is 5.25. The van der Waals surface area contributed by atoms with Gasteiger partial charge in [0.2, 0.25) is 0 Å². The van der Waals surface area contributed by atoms with E-state index in [1.807, 2.05) is 0 Å². The summed E-state index contributed by atoms with van der Waals surface area (Å²) in [6, 6.07) is 4.27. The summed E-state index contributed by atoms with van der Waals surface area (Å²) in [5.41, 5.74) is 4.22. The summed E-state index contributed by atoms with van der Waals surface area (Å²) < 4.78 is 1.74. The SMILES string of the molecule is C=C1C(=S)Sc2cc3c(cc21)SC(=S)C3=C. The van der Waals surface area contributed by atoms with Crippen molar-refractivity contribution in [3.8, 4) is 0 Å². The Labute approximate surface area is 113 Å². The minimum atomic E-state index is 0.872. The van der Waals surface area contributed by atoms with Crippen LogP contribution in [0.2, 0.25) is 0 Å². The summed E-state index contributed by atoms with van der Waals surface area (Å²) in [6.07, 6.45) is 0. The van der Waals surface area contributed by atoms with E-state index in [1.54, 1.807) is 23.5 Å². The first-order chi connectivity index (χ1) is 7.58. The van der Waals surface area contributed by atoms with Gasteiger partial charge in [-0.05, 0) is 23.3 Å². The first-order valence-electron chi connectivity index (χ1n) is 4.59. The fraction of sp³-hybridized carbons (Fsp3) is 0. The molecule has 2 aliphatic rings.